The Balaban J connectivity index is 1.58. The van der Waals surface area contributed by atoms with Gasteiger partial charge in [-0.1, -0.05) is 30.3 Å². The Morgan fingerprint density at radius 3 is 2.79 bits per heavy atom. The fourth-order valence-electron chi connectivity index (χ4n) is 3.09. The van der Waals surface area contributed by atoms with Crippen molar-refractivity contribution in [3.63, 3.8) is 0 Å². The number of ether oxygens (including phenoxy) is 2. The van der Waals surface area contributed by atoms with Crippen LogP contribution in [0.15, 0.2) is 54.9 Å². The van der Waals surface area contributed by atoms with Crippen LogP contribution in [0, 0.1) is 5.82 Å². The van der Waals surface area contributed by atoms with Gasteiger partial charge >= 0.3 is 0 Å². The molecule has 7 nitrogen and oxygen atoms in total. The van der Waals surface area contributed by atoms with E-state index in [1.54, 1.807) is 13.1 Å². The van der Waals surface area contributed by atoms with E-state index >= 15 is 0 Å². The second-order valence-electron chi connectivity index (χ2n) is 6.35. The molecule has 0 bridgehead atoms. The summed E-state index contributed by atoms with van der Waals surface area (Å²) >= 11 is 0. The van der Waals surface area contributed by atoms with Crippen molar-refractivity contribution in [2.75, 3.05) is 30.4 Å². The van der Waals surface area contributed by atoms with Crippen LogP contribution in [-0.4, -0.2) is 36.1 Å². The Morgan fingerprint density at radius 1 is 1.21 bits per heavy atom. The van der Waals surface area contributed by atoms with Crippen LogP contribution in [0.3, 0.4) is 0 Å². The van der Waals surface area contributed by atoms with E-state index in [1.165, 1.54) is 23.4 Å². The third-order valence-corrected chi connectivity index (χ3v) is 4.53. The highest BCUT2D eigenvalue weighted by Gasteiger charge is 2.29. The van der Waals surface area contributed by atoms with Gasteiger partial charge in [0.15, 0.2) is 11.6 Å². The fourth-order valence-corrected chi connectivity index (χ4v) is 3.09. The SMILES string of the molecule is CNc1ncnc2c1C(=O)N(c1ccc(OCc3ccccc3)c(F)c1)CCO2. The van der Waals surface area contributed by atoms with Crippen molar-refractivity contribution in [1.82, 2.24) is 9.97 Å². The van der Waals surface area contributed by atoms with Gasteiger partial charge < -0.3 is 19.7 Å². The molecule has 0 saturated heterocycles. The van der Waals surface area contributed by atoms with E-state index in [9.17, 15) is 9.18 Å². The molecule has 1 amide bonds. The quantitative estimate of drug-likeness (QED) is 0.716. The summed E-state index contributed by atoms with van der Waals surface area (Å²) in [6.07, 6.45) is 1.33. The van der Waals surface area contributed by atoms with E-state index in [4.69, 9.17) is 9.47 Å². The molecule has 1 aliphatic rings. The molecule has 0 fully saturated rings. The van der Waals surface area contributed by atoms with Crippen LogP contribution in [0.1, 0.15) is 15.9 Å². The molecule has 0 radical (unpaired) electrons. The van der Waals surface area contributed by atoms with E-state index in [-0.39, 0.29) is 42.9 Å². The molecule has 8 heteroatoms. The first-order valence-electron chi connectivity index (χ1n) is 9.11. The third kappa shape index (κ3) is 3.82. The lowest BCUT2D eigenvalue weighted by Gasteiger charge is -2.21. The molecular formula is C21H19FN4O3. The Labute approximate surface area is 167 Å². The van der Waals surface area contributed by atoms with Gasteiger partial charge in [0.2, 0.25) is 5.88 Å². The molecule has 0 aliphatic carbocycles. The van der Waals surface area contributed by atoms with Gasteiger partial charge in [-0.25, -0.2) is 14.4 Å². The van der Waals surface area contributed by atoms with Crippen molar-refractivity contribution in [1.29, 1.82) is 0 Å². The van der Waals surface area contributed by atoms with E-state index in [0.29, 0.717) is 11.5 Å². The minimum absolute atomic E-state index is 0.121. The zero-order valence-corrected chi connectivity index (χ0v) is 15.8. The maximum absolute atomic E-state index is 14.6. The summed E-state index contributed by atoms with van der Waals surface area (Å²) in [6.45, 7) is 0.735. The largest absolute Gasteiger partial charge is 0.486 e. The number of hydrogen-bond acceptors (Lipinski definition) is 6. The van der Waals surface area contributed by atoms with E-state index < -0.39 is 5.82 Å². The Hall–Kier alpha value is -3.68. The second-order valence-corrected chi connectivity index (χ2v) is 6.35. The summed E-state index contributed by atoms with van der Waals surface area (Å²) in [7, 11) is 1.66. The fraction of sp³-hybridized carbons (Fsp3) is 0.190. The van der Waals surface area contributed by atoms with Crippen molar-refractivity contribution in [3.05, 3.63) is 71.8 Å². The number of carbonyl (C=O) groups is 1. The van der Waals surface area contributed by atoms with Crippen LogP contribution >= 0.6 is 0 Å². The summed E-state index contributed by atoms with van der Waals surface area (Å²) in [4.78, 5) is 22.6. The summed E-state index contributed by atoms with van der Waals surface area (Å²) in [5.74, 6) is -0.222. The number of hydrogen-bond donors (Lipinski definition) is 1. The standard InChI is InChI=1S/C21H19FN4O3/c1-23-19-18-20(25-13-24-19)28-10-9-26(21(18)27)15-7-8-17(16(22)11-15)29-12-14-5-3-2-4-6-14/h2-8,11,13H,9-10,12H2,1H3,(H,23,24,25). The average Bonchev–Trinajstić information content (AvgIpc) is 2.92. The molecule has 1 aromatic heterocycles. The first kappa shape index (κ1) is 18.7. The monoisotopic (exact) mass is 394 g/mol. The number of carbonyl (C=O) groups excluding carboxylic acids is 1. The van der Waals surface area contributed by atoms with Gasteiger partial charge in [-0.05, 0) is 17.7 Å². The molecule has 0 atom stereocenters. The summed E-state index contributed by atoms with van der Waals surface area (Å²) in [5.41, 5.74) is 1.56. The van der Waals surface area contributed by atoms with Crippen molar-refractivity contribution < 1.29 is 18.7 Å². The highest BCUT2D eigenvalue weighted by Crippen LogP contribution is 2.30. The highest BCUT2D eigenvalue weighted by molar-refractivity contribution is 6.10. The molecule has 1 aliphatic heterocycles. The van der Waals surface area contributed by atoms with Crippen LogP contribution < -0.4 is 19.7 Å². The van der Waals surface area contributed by atoms with Gasteiger partial charge in [0.05, 0.1) is 6.54 Å². The van der Waals surface area contributed by atoms with Crippen LogP contribution in [-0.2, 0) is 6.61 Å². The molecule has 4 rings (SSSR count). The van der Waals surface area contributed by atoms with Crippen molar-refractivity contribution in [3.8, 4) is 11.6 Å². The van der Waals surface area contributed by atoms with Gasteiger partial charge in [0.1, 0.15) is 30.9 Å². The lowest BCUT2D eigenvalue weighted by atomic mass is 10.2. The number of halogens is 1. The number of aromatic nitrogens is 2. The Bertz CT molecular complexity index is 1030. The molecule has 1 N–H and O–H groups in total. The van der Waals surface area contributed by atoms with Crippen molar-refractivity contribution in [2.24, 2.45) is 0 Å². The molecule has 0 saturated carbocycles. The lowest BCUT2D eigenvalue weighted by molar-refractivity contribution is 0.0990. The summed E-state index contributed by atoms with van der Waals surface area (Å²) in [6, 6.07) is 14.0. The van der Waals surface area contributed by atoms with Crippen molar-refractivity contribution >= 4 is 17.4 Å². The number of fused-ring (bicyclic) bond motifs is 1. The zero-order valence-electron chi connectivity index (χ0n) is 15.8. The van der Waals surface area contributed by atoms with E-state index in [2.05, 4.69) is 15.3 Å². The molecule has 0 spiro atoms. The molecule has 29 heavy (non-hydrogen) atoms. The number of amides is 1. The topological polar surface area (TPSA) is 76.6 Å². The number of rotatable bonds is 5. The van der Waals surface area contributed by atoms with Gasteiger partial charge in [-0.2, -0.15) is 0 Å². The predicted octanol–water partition coefficient (Wildman–Crippen LogP) is 3.28. The Kier molecular flexibility index (Phi) is 5.24. The average molecular weight is 394 g/mol. The second kappa shape index (κ2) is 8.14. The number of nitrogens with one attached hydrogen (secondary N) is 1. The van der Waals surface area contributed by atoms with Gasteiger partial charge in [0, 0.05) is 18.8 Å². The first-order chi connectivity index (χ1) is 14.2. The molecule has 148 valence electrons. The third-order valence-electron chi connectivity index (χ3n) is 4.53. The molecule has 2 heterocycles. The maximum atomic E-state index is 14.6. The van der Waals surface area contributed by atoms with E-state index in [0.717, 1.165) is 5.56 Å². The first-order valence-corrected chi connectivity index (χ1v) is 9.11. The minimum atomic E-state index is -0.547. The predicted molar refractivity (Wildman–Crippen MR) is 106 cm³/mol. The minimum Gasteiger partial charge on any atom is -0.486 e. The number of nitrogens with zero attached hydrogens (tertiary/aromatic N) is 3. The van der Waals surface area contributed by atoms with Crippen LogP contribution in [0.2, 0.25) is 0 Å². The highest BCUT2D eigenvalue weighted by atomic mass is 19.1. The maximum Gasteiger partial charge on any atom is 0.267 e. The molecule has 0 unspecified atom stereocenters. The Morgan fingerprint density at radius 2 is 2.03 bits per heavy atom. The normalized spacial score (nSPS) is 13.3. The molecule has 3 aromatic rings. The summed E-state index contributed by atoms with van der Waals surface area (Å²) in [5, 5.41) is 2.87. The number of anilines is 2. The van der Waals surface area contributed by atoms with Crippen LogP contribution in [0.25, 0.3) is 0 Å². The molecular weight excluding hydrogens is 375 g/mol. The summed E-state index contributed by atoms with van der Waals surface area (Å²) < 4.78 is 25.8. The van der Waals surface area contributed by atoms with Gasteiger partial charge in [-0.15, -0.1) is 0 Å². The van der Waals surface area contributed by atoms with Crippen molar-refractivity contribution in [2.45, 2.75) is 6.61 Å². The smallest absolute Gasteiger partial charge is 0.267 e. The zero-order chi connectivity index (χ0) is 20.2. The lowest BCUT2D eigenvalue weighted by Crippen LogP contribution is -2.32. The number of benzene rings is 2. The van der Waals surface area contributed by atoms with E-state index in [1.807, 2.05) is 30.3 Å². The molecule has 2 aromatic carbocycles. The van der Waals surface area contributed by atoms with Gasteiger partial charge in [-0.3, -0.25) is 4.79 Å². The van der Waals surface area contributed by atoms with Crippen LogP contribution in [0.4, 0.5) is 15.9 Å². The van der Waals surface area contributed by atoms with Crippen LogP contribution in [0.5, 0.6) is 11.6 Å². The van der Waals surface area contributed by atoms with Gasteiger partial charge in [0.25, 0.3) is 5.91 Å².